The molecular formula is C21H25F4N5O2. The standard InChI is InChI=1S/C21H25F4N5O2/c22-15-4-6-16(7-5-15)30-18(21(23,24)25)17(27-28-30)19(31)26-14-20(8-2-1-3-9-20)29-10-12-32-13-11-29/h4-7H,1-3,8-14H2,(H,26,31). The SMILES string of the molecule is O=C(NCC1(N2CCOCC2)CCCCC1)c1nnn(-c2ccc(F)cc2)c1C(F)(F)F. The third-order valence-corrected chi connectivity index (χ3v) is 6.27. The van der Waals surface area contributed by atoms with Crippen molar-refractivity contribution in [2.45, 2.75) is 43.8 Å². The van der Waals surface area contributed by atoms with E-state index in [1.54, 1.807) is 0 Å². The van der Waals surface area contributed by atoms with Crippen LogP contribution >= 0.6 is 0 Å². The van der Waals surface area contributed by atoms with Gasteiger partial charge in [0.1, 0.15) is 5.82 Å². The Bertz CT molecular complexity index is 933. The molecule has 2 fully saturated rings. The summed E-state index contributed by atoms with van der Waals surface area (Å²) in [7, 11) is 0. The van der Waals surface area contributed by atoms with Gasteiger partial charge in [-0.15, -0.1) is 5.10 Å². The number of aromatic nitrogens is 3. The molecule has 0 atom stereocenters. The number of hydrogen-bond donors (Lipinski definition) is 1. The number of alkyl halides is 3. The lowest BCUT2D eigenvalue weighted by molar-refractivity contribution is -0.143. The molecule has 1 aromatic carbocycles. The minimum atomic E-state index is -4.88. The number of hydrogen-bond acceptors (Lipinski definition) is 5. The summed E-state index contributed by atoms with van der Waals surface area (Å²) in [6, 6.07) is 4.34. The van der Waals surface area contributed by atoms with E-state index in [1.807, 2.05) is 0 Å². The van der Waals surface area contributed by atoms with E-state index in [1.165, 1.54) is 0 Å². The second-order valence-electron chi connectivity index (χ2n) is 8.24. The first-order chi connectivity index (χ1) is 15.3. The molecule has 2 aliphatic rings. The summed E-state index contributed by atoms with van der Waals surface area (Å²) >= 11 is 0. The van der Waals surface area contributed by atoms with Gasteiger partial charge in [-0.3, -0.25) is 9.69 Å². The van der Waals surface area contributed by atoms with Crippen LogP contribution in [0, 0.1) is 5.82 Å². The number of nitrogens with one attached hydrogen (secondary N) is 1. The highest BCUT2D eigenvalue weighted by Gasteiger charge is 2.43. The van der Waals surface area contributed by atoms with Crippen LogP contribution in [0.1, 0.15) is 48.3 Å². The molecule has 1 saturated heterocycles. The predicted octanol–water partition coefficient (Wildman–Crippen LogP) is 3.19. The molecule has 32 heavy (non-hydrogen) atoms. The van der Waals surface area contributed by atoms with Crippen LogP contribution in [0.25, 0.3) is 5.69 Å². The van der Waals surface area contributed by atoms with Gasteiger partial charge in [-0.05, 0) is 37.1 Å². The molecule has 1 saturated carbocycles. The monoisotopic (exact) mass is 455 g/mol. The fourth-order valence-electron chi connectivity index (χ4n) is 4.63. The van der Waals surface area contributed by atoms with Crippen molar-refractivity contribution >= 4 is 5.91 Å². The van der Waals surface area contributed by atoms with Crippen LogP contribution in [0.5, 0.6) is 0 Å². The first-order valence-corrected chi connectivity index (χ1v) is 10.7. The van der Waals surface area contributed by atoms with Crippen LogP contribution in [0.15, 0.2) is 24.3 Å². The number of halogens is 4. The van der Waals surface area contributed by atoms with Crippen LogP contribution in [0.3, 0.4) is 0 Å². The topological polar surface area (TPSA) is 72.3 Å². The zero-order valence-electron chi connectivity index (χ0n) is 17.5. The Kier molecular flexibility index (Phi) is 6.47. The van der Waals surface area contributed by atoms with Crippen LogP contribution in [-0.2, 0) is 10.9 Å². The minimum absolute atomic E-state index is 0.0395. The highest BCUT2D eigenvalue weighted by molar-refractivity contribution is 5.93. The number of carbonyl (C=O) groups is 1. The number of rotatable bonds is 5. The maximum Gasteiger partial charge on any atom is 0.435 e. The molecule has 0 spiro atoms. The maximum atomic E-state index is 13.9. The Morgan fingerprint density at radius 3 is 2.38 bits per heavy atom. The highest BCUT2D eigenvalue weighted by atomic mass is 19.4. The summed E-state index contributed by atoms with van der Waals surface area (Å²) in [6.45, 7) is 2.88. The fraction of sp³-hybridized carbons (Fsp3) is 0.571. The van der Waals surface area contributed by atoms with Crippen molar-refractivity contribution < 1.29 is 27.1 Å². The van der Waals surface area contributed by atoms with Gasteiger partial charge in [0.25, 0.3) is 5.91 Å². The van der Waals surface area contributed by atoms with Gasteiger partial charge in [0.2, 0.25) is 0 Å². The summed E-state index contributed by atoms with van der Waals surface area (Å²) in [6.07, 6.45) is -0.0472. The van der Waals surface area contributed by atoms with Crippen molar-refractivity contribution in [2.75, 3.05) is 32.8 Å². The van der Waals surface area contributed by atoms with Crippen LogP contribution in [-0.4, -0.2) is 64.2 Å². The second kappa shape index (κ2) is 9.14. The summed E-state index contributed by atoms with van der Waals surface area (Å²) in [5, 5.41) is 9.77. The predicted molar refractivity (Wildman–Crippen MR) is 107 cm³/mol. The summed E-state index contributed by atoms with van der Waals surface area (Å²) < 4.78 is 60.7. The Balaban J connectivity index is 1.58. The number of carbonyl (C=O) groups excluding carboxylic acids is 1. The van der Waals surface area contributed by atoms with E-state index in [2.05, 4.69) is 20.5 Å². The zero-order chi connectivity index (χ0) is 22.8. The third kappa shape index (κ3) is 4.63. The van der Waals surface area contributed by atoms with Crippen molar-refractivity contribution in [3.05, 3.63) is 41.5 Å². The largest absolute Gasteiger partial charge is 0.435 e. The smallest absolute Gasteiger partial charge is 0.379 e. The molecule has 174 valence electrons. The average molecular weight is 455 g/mol. The maximum absolute atomic E-state index is 13.9. The van der Waals surface area contributed by atoms with E-state index in [-0.39, 0.29) is 17.8 Å². The molecule has 1 aromatic heterocycles. The number of nitrogens with zero attached hydrogens (tertiary/aromatic N) is 4. The quantitative estimate of drug-likeness (QED) is 0.702. The molecule has 0 radical (unpaired) electrons. The number of ether oxygens (including phenoxy) is 1. The molecule has 1 aliphatic carbocycles. The van der Waals surface area contributed by atoms with Crippen molar-refractivity contribution in [2.24, 2.45) is 0 Å². The molecule has 0 unspecified atom stereocenters. The molecular weight excluding hydrogens is 430 g/mol. The molecule has 1 amide bonds. The zero-order valence-corrected chi connectivity index (χ0v) is 17.5. The van der Waals surface area contributed by atoms with Crippen molar-refractivity contribution in [1.82, 2.24) is 25.2 Å². The van der Waals surface area contributed by atoms with Crippen molar-refractivity contribution in [3.8, 4) is 5.69 Å². The summed E-state index contributed by atoms with van der Waals surface area (Å²) in [5.41, 5.74) is -2.42. The number of morpholine rings is 1. The van der Waals surface area contributed by atoms with E-state index < -0.39 is 29.3 Å². The van der Waals surface area contributed by atoms with E-state index in [9.17, 15) is 22.4 Å². The molecule has 1 aliphatic heterocycles. The molecule has 2 heterocycles. The Labute approximate surface area is 182 Å². The number of benzene rings is 1. The lowest BCUT2D eigenvalue weighted by Crippen LogP contribution is -2.59. The lowest BCUT2D eigenvalue weighted by Gasteiger charge is -2.48. The van der Waals surface area contributed by atoms with Crippen LogP contribution in [0.2, 0.25) is 0 Å². The Morgan fingerprint density at radius 2 is 1.75 bits per heavy atom. The number of amides is 1. The van der Waals surface area contributed by atoms with E-state index in [0.717, 1.165) is 69.5 Å². The molecule has 2 aromatic rings. The van der Waals surface area contributed by atoms with Gasteiger partial charge < -0.3 is 10.1 Å². The van der Waals surface area contributed by atoms with E-state index in [4.69, 9.17) is 4.74 Å². The van der Waals surface area contributed by atoms with Gasteiger partial charge in [-0.2, -0.15) is 13.2 Å². The molecule has 0 bridgehead atoms. The van der Waals surface area contributed by atoms with Gasteiger partial charge in [-0.25, -0.2) is 9.07 Å². The van der Waals surface area contributed by atoms with Crippen LogP contribution < -0.4 is 5.32 Å². The Morgan fingerprint density at radius 1 is 1.09 bits per heavy atom. The molecule has 7 nitrogen and oxygen atoms in total. The first-order valence-electron chi connectivity index (χ1n) is 10.7. The van der Waals surface area contributed by atoms with Crippen molar-refractivity contribution in [3.63, 3.8) is 0 Å². The Hall–Kier alpha value is -2.53. The highest BCUT2D eigenvalue weighted by Crippen LogP contribution is 2.35. The van der Waals surface area contributed by atoms with Gasteiger partial charge in [0.15, 0.2) is 11.4 Å². The lowest BCUT2D eigenvalue weighted by atomic mass is 9.79. The molecule has 11 heteroatoms. The average Bonchev–Trinajstić information content (AvgIpc) is 3.25. The van der Waals surface area contributed by atoms with Crippen LogP contribution in [0.4, 0.5) is 17.6 Å². The van der Waals surface area contributed by atoms with Gasteiger partial charge in [-0.1, -0.05) is 24.5 Å². The third-order valence-electron chi connectivity index (χ3n) is 6.27. The van der Waals surface area contributed by atoms with E-state index >= 15 is 0 Å². The van der Waals surface area contributed by atoms with Gasteiger partial charge in [0.05, 0.1) is 18.9 Å². The van der Waals surface area contributed by atoms with Gasteiger partial charge in [0, 0.05) is 25.2 Å². The van der Waals surface area contributed by atoms with Crippen molar-refractivity contribution in [1.29, 1.82) is 0 Å². The first kappa shape index (κ1) is 22.7. The summed E-state index contributed by atoms with van der Waals surface area (Å²) in [4.78, 5) is 15.1. The van der Waals surface area contributed by atoms with E-state index in [0.29, 0.717) is 17.9 Å². The molecule has 1 N–H and O–H groups in total. The second-order valence-corrected chi connectivity index (χ2v) is 8.24. The minimum Gasteiger partial charge on any atom is -0.379 e. The fourth-order valence-corrected chi connectivity index (χ4v) is 4.63. The summed E-state index contributed by atoms with van der Waals surface area (Å²) in [5.74, 6) is -1.52. The van der Waals surface area contributed by atoms with Gasteiger partial charge >= 0.3 is 6.18 Å². The molecule has 4 rings (SSSR count). The normalized spacial score (nSPS) is 19.6.